The molecule has 34 heavy (non-hydrogen) atoms. The number of nitrogens with one attached hydrogen (secondary N) is 1. The average Bonchev–Trinajstić information content (AvgIpc) is 3.32. The van der Waals surface area contributed by atoms with Crippen LogP contribution >= 0.6 is 0 Å². The van der Waals surface area contributed by atoms with Gasteiger partial charge in [-0.3, -0.25) is 4.90 Å². The Labute approximate surface area is 198 Å². The van der Waals surface area contributed by atoms with Gasteiger partial charge in [0.05, 0.1) is 24.8 Å². The molecule has 0 fully saturated rings. The molecule has 1 aliphatic rings. The summed E-state index contributed by atoms with van der Waals surface area (Å²) in [6.45, 7) is 11.1. The molecule has 2 aromatic carbocycles. The molecule has 1 unspecified atom stereocenters. The van der Waals surface area contributed by atoms with E-state index in [1.807, 2.05) is 69.3 Å². The van der Waals surface area contributed by atoms with Gasteiger partial charge in [-0.1, -0.05) is 23.4 Å². The number of rotatable bonds is 9. The van der Waals surface area contributed by atoms with Crippen LogP contribution in [0.2, 0.25) is 0 Å². The number of ether oxygens (including phenoxy) is 2. The van der Waals surface area contributed by atoms with Crippen molar-refractivity contribution >= 4 is 11.6 Å². The van der Waals surface area contributed by atoms with E-state index in [4.69, 9.17) is 14.0 Å². The molecule has 0 bridgehead atoms. The Morgan fingerprint density at radius 2 is 1.68 bits per heavy atom. The minimum absolute atomic E-state index is 0.216. The highest BCUT2D eigenvalue weighted by Gasteiger charge is 2.35. The summed E-state index contributed by atoms with van der Waals surface area (Å²) >= 11 is 0. The number of hydrogen-bond acceptors (Lipinski definition) is 6. The van der Waals surface area contributed by atoms with E-state index < -0.39 is 6.04 Å². The van der Waals surface area contributed by atoms with E-state index in [2.05, 4.69) is 22.0 Å². The van der Waals surface area contributed by atoms with Crippen molar-refractivity contribution in [1.29, 1.82) is 0 Å². The Balaban J connectivity index is 1.73. The van der Waals surface area contributed by atoms with E-state index in [-0.39, 0.29) is 6.03 Å². The van der Waals surface area contributed by atoms with Gasteiger partial charge in [0.25, 0.3) is 5.89 Å². The molecule has 1 N–H and O–H groups in total. The van der Waals surface area contributed by atoms with Gasteiger partial charge < -0.3 is 19.3 Å². The van der Waals surface area contributed by atoms with E-state index in [0.717, 1.165) is 33.9 Å². The van der Waals surface area contributed by atoms with E-state index in [0.29, 0.717) is 31.5 Å². The van der Waals surface area contributed by atoms with Crippen LogP contribution in [-0.2, 0) is 0 Å². The summed E-state index contributed by atoms with van der Waals surface area (Å²) in [5.41, 5.74) is 3.14. The lowest BCUT2D eigenvalue weighted by atomic mass is 9.94. The van der Waals surface area contributed by atoms with Gasteiger partial charge in [-0.15, -0.1) is 6.58 Å². The van der Waals surface area contributed by atoms with Crippen molar-refractivity contribution < 1.29 is 18.8 Å². The Morgan fingerprint density at radius 1 is 1.06 bits per heavy atom. The molecule has 8 heteroatoms. The molecule has 1 atom stereocenters. The molecule has 176 valence electrons. The first-order chi connectivity index (χ1) is 16.5. The van der Waals surface area contributed by atoms with Crippen LogP contribution in [0, 0.1) is 0 Å². The summed E-state index contributed by atoms with van der Waals surface area (Å²) in [5, 5.41) is 7.26. The van der Waals surface area contributed by atoms with Crippen molar-refractivity contribution in [2.24, 2.45) is 0 Å². The Kier molecular flexibility index (Phi) is 6.96. The van der Waals surface area contributed by atoms with Crippen molar-refractivity contribution in [2.45, 2.75) is 26.8 Å². The van der Waals surface area contributed by atoms with Crippen LogP contribution in [0.5, 0.6) is 11.5 Å². The van der Waals surface area contributed by atoms with Gasteiger partial charge in [0.2, 0.25) is 5.82 Å². The molecule has 2 heterocycles. The van der Waals surface area contributed by atoms with Crippen molar-refractivity contribution in [3.63, 3.8) is 0 Å². The molecule has 0 saturated heterocycles. The number of hydrogen-bond donors (Lipinski definition) is 1. The molecule has 8 nitrogen and oxygen atoms in total. The maximum Gasteiger partial charge on any atom is 0.322 e. The first-order valence-corrected chi connectivity index (χ1v) is 11.3. The lowest BCUT2D eigenvalue weighted by molar-refractivity contribution is 0.209. The van der Waals surface area contributed by atoms with Gasteiger partial charge in [0.1, 0.15) is 11.5 Å². The highest BCUT2D eigenvalue weighted by Crippen LogP contribution is 2.37. The normalized spacial score (nSPS) is 15.8. The molecular formula is C26H28N4O4. The molecule has 1 aliphatic heterocycles. The van der Waals surface area contributed by atoms with Crippen molar-refractivity contribution in [2.75, 3.05) is 19.8 Å². The van der Waals surface area contributed by atoms with Crippen LogP contribution in [-0.4, -0.2) is 40.8 Å². The van der Waals surface area contributed by atoms with Crippen LogP contribution in [0.3, 0.4) is 0 Å². The highest BCUT2D eigenvalue weighted by atomic mass is 16.5. The van der Waals surface area contributed by atoms with Crippen LogP contribution in [0.15, 0.2) is 71.4 Å². The number of amides is 2. The predicted molar refractivity (Wildman–Crippen MR) is 129 cm³/mol. The largest absolute Gasteiger partial charge is 0.494 e. The average molecular weight is 461 g/mol. The van der Waals surface area contributed by atoms with E-state index >= 15 is 0 Å². The Morgan fingerprint density at radius 3 is 2.26 bits per heavy atom. The summed E-state index contributed by atoms with van der Waals surface area (Å²) in [6.07, 6.45) is 1.68. The molecule has 0 radical (unpaired) electrons. The zero-order valence-corrected chi connectivity index (χ0v) is 19.6. The summed E-state index contributed by atoms with van der Waals surface area (Å²) < 4.78 is 16.8. The van der Waals surface area contributed by atoms with E-state index in [1.165, 1.54) is 0 Å². The Bertz CT molecular complexity index is 1180. The minimum atomic E-state index is -0.460. The fourth-order valence-corrected chi connectivity index (χ4v) is 3.90. The topological polar surface area (TPSA) is 89.7 Å². The molecule has 2 amide bonds. The summed E-state index contributed by atoms with van der Waals surface area (Å²) in [7, 11) is 0. The molecule has 0 aliphatic carbocycles. The second-order valence-electron chi connectivity index (χ2n) is 7.66. The van der Waals surface area contributed by atoms with Gasteiger partial charge >= 0.3 is 6.03 Å². The monoisotopic (exact) mass is 460 g/mol. The zero-order chi connectivity index (χ0) is 24.1. The number of carbonyl (C=O) groups is 1. The molecule has 3 aromatic rings. The second-order valence-corrected chi connectivity index (χ2v) is 7.66. The third-order valence-corrected chi connectivity index (χ3v) is 5.51. The first-order valence-electron chi connectivity index (χ1n) is 11.3. The fraction of sp³-hybridized carbons (Fsp3) is 0.269. The smallest absolute Gasteiger partial charge is 0.322 e. The van der Waals surface area contributed by atoms with Crippen LogP contribution < -0.4 is 14.8 Å². The van der Waals surface area contributed by atoms with Crippen molar-refractivity contribution in [1.82, 2.24) is 20.4 Å². The van der Waals surface area contributed by atoms with Gasteiger partial charge in [0, 0.05) is 17.8 Å². The maximum absolute atomic E-state index is 12.9. The molecule has 0 spiro atoms. The van der Waals surface area contributed by atoms with Gasteiger partial charge in [0.15, 0.2) is 0 Å². The molecule has 4 rings (SSSR count). The van der Waals surface area contributed by atoms with E-state index in [9.17, 15) is 4.79 Å². The van der Waals surface area contributed by atoms with Crippen LogP contribution in [0.25, 0.3) is 17.0 Å². The summed E-state index contributed by atoms with van der Waals surface area (Å²) in [6, 6.07) is 14.5. The SMILES string of the molecule is C=CCN1C(=O)NC(c2ccc(OCC)cc2)C(c2nc(-c3ccc(OCC)cc3)no2)=C1C. The quantitative estimate of drug-likeness (QED) is 0.441. The van der Waals surface area contributed by atoms with Crippen molar-refractivity contribution in [3.05, 3.63) is 78.3 Å². The standard InChI is InChI=1S/C26H28N4O4/c1-5-16-30-17(4)22(23(27-26(30)31)18-8-12-20(13-9-18)32-6-2)25-28-24(29-34-25)19-10-14-21(15-11-19)33-7-3/h5,8-15,23H,1,6-7,16H2,2-4H3,(H,27,31). The lowest BCUT2D eigenvalue weighted by Gasteiger charge is -2.34. The first kappa shape index (κ1) is 23.1. The minimum Gasteiger partial charge on any atom is -0.494 e. The number of aromatic nitrogens is 2. The van der Waals surface area contributed by atoms with Gasteiger partial charge in [-0.05, 0) is 62.7 Å². The van der Waals surface area contributed by atoms with Crippen LogP contribution in [0.1, 0.15) is 38.3 Å². The van der Waals surface area contributed by atoms with Gasteiger partial charge in [-0.2, -0.15) is 4.98 Å². The number of nitrogens with zero attached hydrogens (tertiary/aromatic N) is 3. The van der Waals surface area contributed by atoms with E-state index in [1.54, 1.807) is 11.0 Å². The van der Waals surface area contributed by atoms with Crippen molar-refractivity contribution in [3.8, 4) is 22.9 Å². The Hall–Kier alpha value is -4.07. The molecule has 0 saturated carbocycles. The molecule has 1 aromatic heterocycles. The predicted octanol–water partition coefficient (Wildman–Crippen LogP) is 5.22. The number of urea groups is 1. The van der Waals surface area contributed by atoms with Crippen LogP contribution in [0.4, 0.5) is 4.79 Å². The lowest BCUT2D eigenvalue weighted by Crippen LogP contribution is -2.46. The summed E-state index contributed by atoms with van der Waals surface area (Å²) in [5.74, 6) is 2.34. The zero-order valence-electron chi connectivity index (χ0n) is 19.6. The fourth-order valence-electron chi connectivity index (χ4n) is 3.90. The maximum atomic E-state index is 12.9. The molecular weight excluding hydrogens is 432 g/mol. The number of benzene rings is 2. The summed E-state index contributed by atoms with van der Waals surface area (Å²) in [4.78, 5) is 19.1. The second kappa shape index (κ2) is 10.2. The third kappa shape index (κ3) is 4.66. The number of allylic oxidation sites excluding steroid dienone is 1. The highest BCUT2D eigenvalue weighted by molar-refractivity contribution is 5.87. The third-order valence-electron chi connectivity index (χ3n) is 5.51. The van der Waals surface area contributed by atoms with Gasteiger partial charge in [-0.25, -0.2) is 4.79 Å². The number of carbonyl (C=O) groups excluding carboxylic acids is 1.